The fourth-order valence-electron chi connectivity index (χ4n) is 3.59. The van der Waals surface area contributed by atoms with E-state index in [9.17, 15) is 40.3 Å². The van der Waals surface area contributed by atoms with Crippen LogP contribution in [0.3, 0.4) is 0 Å². The summed E-state index contributed by atoms with van der Waals surface area (Å²) in [6.07, 6.45) is -6.44. The first-order valence-electron chi connectivity index (χ1n) is 10.5. The van der Waals surface area contributed by atoms with Crippen LogP contribution < -0.4 is 11.1 Å². The number of primary amides is 1. The van der Waals surface area contributed by atoms with Crippen LogP contribution in [0, 0.1) is 13.8 Å². The van der Waals surface area contributed by atoms with Gasteiger partial charge in [0.05, 0.1) is 0 Å². The van der Waals surface area contributed by atoms with E-state index in [1.54, 1.807) is 30.3 Å². The highest BCUT2D eigenvalue weighted by molar-refractivity contribution is 8.00. The van der Waals surface area contributed by atoms with E-state index in [2.05, 4.69) is 5.32 Å². The molecule has 0 aromatic heterocycles. The van der Waals surface area contributed by atoms with Gasteiger partial charge in [0.15, 0.2) is 0 Å². The van der Waals surface area contributed by atoms with Crippen LogP contribution in [-0.2, 0) is 0 Å². The zero-order valence-electron chi connectivity index (χ0n) is 19.2. The van der Waals surface area contributed by atoms with Gasteiger partial charge in [-0.2, -0.15) is 30.7 Å². The van der Waals surface area contributed by atoms with Crippen LogP contribution >= 0.6 is 11.8 Å². The van der Waals surface area contributed by atoms with Gasteiger partial charge in [-0.1, -0.05) is 24.3 Å². The zero-order chi connectivity index (χ0) is 27.8. The van der Waals surface area contributed by atoms with Gasteiger partial charge in [0.25, 0.3) is 5.91 Å². The van der Waals surface area contributed by atoms with Gasteiger partial charge in [-0.15, -0.1) is 0 Å². The van der Waals surface area contributed by atoms with Crippen LogP contribution in [0.4, 0.5) is 36.4 Å². The number of thioether (sulfide) groups is 1. The molecule has 2 amide bonds. The van der Waals surface area contributed by atoms with E-state index in [1.165, 1.54) is 32.0 Å². The number of nitrogens with one attached hydrogen (secondary N) is 1. The van der Waals surface area contributed by atoms with Gasteiger partial charge in [0.2, 0.25) is 5.91 Å². The van der Waals surface area contributed by atoms with Crippen LogP contribution in [0.25, 0.3) is 11.1 Å². The van der Waals surface area contributed by atoms with Crippen LogP contribution in [0.1, 0.15) is 31.8 Å². The minimum absolute atomic E-state index is 0.0589. The molecule has 0 aliphatic carbocycles. The molecule has 196 valence electrons. The molecule has 0 radical (unpaired) electrons. The lowest BCUT2D eigenvalue weighted by atomic mass is 9.93. The van der Waals surface area contributed by atoms with Crippen molar-refractivity contribution in [2.45, 2.75) is 36.1 Å². The molecule has 3 N–H and O–H groups in total. The second-order valence-corrected chi connectivity index (χ2v) is 9.26. The molecule has 37 heavy (non-hydrogen) atoms. The lowest BCUT2D eigenvalue weighted by Gasteiger charge is -2.27. The van der Waals surface area contributed by atoms with Crippen molar-refractivity contribution in [2.75, 3.05) is 5.32 Å². The van der Waals surface area contributed by atoms with E-state index in [0.717, 1.165) is 12.1 Å². The smallest absolute Gasteiger partial charge is 0.366 e. The summed E-state index contributed by atoms with van der Waals surface area (Å²) in [5.74, 6) is -7.57. The molecule has 0 saturated heterocycles. The van der Waals surface area contributed by atoms with Gasteiger partial charge in [0.1, 0.15) is 0 Å². The second kappa shape index (κ2) is 10.1. The molecule has 0 saturated carbocycles. The summed E-state index contributed by atoms with van der Waals surface area (Å²) in [4.78, 5) is 24.0. The number of rotatable bonds is 7. The summed E-state index contributed by atoms with van der Waals surface area (Å²) >= 11 is -0.904. The maximum absolute atomic E-state index is 14.0. The Balaban J connectivity index is 2.05. The van der Waals surface area contributed by atoms with Gasteiger partial charge >= 0.3 is 17.4 Å². The third kappa shape index (κ3) is 5.74. The van der Waals surface area contributed by atoms with Gasteiger partial charge in [-0.25, -0.2) is 0 Å². The van der Waals surface area contributed by atoms with Crippen molar-refractivity contribution in [3.8, 4) is 11.1 Å². The lowest BCUT2D eigenvalue weighted by Crippen LogP contribution is -2.49. The zero-order valence-corrected chi connectivity index (χ0v) is 20.0. The van der Waals surface area contributed by atoms with E-state index in [0.29, 0.717) is 16.7 Å². The molecule has 3 aromatic carbocycles. The normalized spacial score (nSPS) is 12.4. The molecule has 3 rings (SSSR count). The molecule has 0 atom stereocenters. The maximum Gasteiger partial charge on any atom is 0.460 e. The Labute approximate surface area is 211 Å². The fraction of sp³-hybridized carbons (Fsp3) is 0.200. The van der Waals surface area contributed by atoms with E-state index in [1.807, 2.05) is 0 Å². The van der Waals surface area contributed by atoms with Crippen molar-refractivity contribution in [1.29, 1.82) is 0 Å². The average Bonchev–Trinajstić information content (AvgIpc) is 2.78. The van der Waals surface area contributed by atoms with Crippen LogP contribution in [0.5, 0.6) is 0 Å². The van der Waals surface area contributed by atoms with Crippen molar-refractivity contribution in [1.82, 2.24) is 0 Å². The van der Waals surface area contributed by atoms with Gasteiger partial charge in [-0.05, 0) is 78.7 Å². The monoisotopic (exact) mass is 544 g/mol. The largest absolute Gasteiger partial charge is 0.460 e. The number of nitrogens with two attached hydrogens (primary N) is 1. The summed E-state index contributed by atoms with van der Waals surface area (Å²) in [5, 5.41) is -2.80. The third-order valence-electron chi connectivity index (χ3n) is 5.33. The summed E-state index contributed by atoms with van der Waals surface area (Å²) in [6, 6.07) is 14.3. The van der Waals surface area contributed by atoms with Gasteiger partial charge in [-0.3, -0.25) is 9.59 Å². The van der Waals surface area contributed by atoms with Crippen LogP contribution in [0.15, 0.2) is 65.6 Å². The van der Waals surface area contributed by atoms with Crippen molar-refractivity contribution in [3.63, 3.8) is 0 Å². The Morgan fingerprint density at radius 1 is 0.811 bits per heavy atom. The standard InChI is InChI=1S/C25H19F7N2O2S/c1-13-10-17(37-25(31,32)23(26,27)24(28,29)30)11-14(2)20(13)18-9-8-16(21(33)35)12-19(18)34-22(36)15-6-4-3-5-7-15/h3-12H,1-2H3,(H2,33,35)(H,34,36). The molecular formula is C25H19F7N2O2S. The Morgan fingerprint density at radius 3 is 1.89 bits per heavy atom. The highest BCUT2D eigenvalue weighted by atomic mass is 32.2. The quantitative estimate of drug-likeness (QED) is 0.244. The number of carbonyl (C=O) groups excluding carboxylic acids is 2. The average molecular weight is 544 g/mol. The molecular weight excluding hydrogens is 525 g/mol. The first kappa shape index (κ1) is 28.0. The van der Waals surface area contributed by atoms with Crippen LogP contribution in [-0.4, -0.2) is 29.2 Å². The van der Waals surface area contributed by atoms with Crippen molar-refractivity contribution < 1.29 is 40.3 Å². The number of aryl methyl sites for hydroxylation is 2. The molecule has 3 aromatic rings. The minimum Gasteiger partial charge on any atom is -0.366 e. The SMILES string of the molecule is Cc1cc(SC(F)(F)C(F)(F)C(F)(F)F)cc(C)c1-c1ccc(C(N)=O)cc1NC(=O)c1ccccc1. The molecule has 0 aliphatic heterocycles. The molecule has 0 unspecified atom stereocenters. The summed E-state index contributed by atoms with van der Waals surface area (Å²) in [5.41, 5.74) is 7.07. The topological polar surface area (TPSA) is 72.2 Å². The van der Waals surface area contributed by atoms with Gasteiger partial charge < -0.3 is 11.1 Å². The molecule has 12 heteroatoms. The first-order chi connectivity index (χ1) is 17.0. The van der Waals surface area contributed by atoms with Crippen molar-refractivity contribution >= 4 is 29.3 Å². The van der Waals surface area contributed by atoms with E-state index < -0.39 is 45.8 Å². The Morgan fingerprint density at radius 2 is 1.38 bits per heavy atom. The summed E-state index contributed by atoms with van der Waals surface area (Å²) in [6.45, 7) is 2.88. The fourth-order valence-corrected chi connectivity index (χ4v) is 4.60. The second-order valence-electron chi connectivity index (χ2n) is 8.07. The number of alkyl halides is 7. The number of carbonyl (C=O) groups is 2. The number of halogens is 7. The van der Waals surface area contributed by atoms with Crippen molar-refractivity contribution in [2.24, 2.45) is 5.73 Å². The molecule has 0 fully saturated rings. The Hall–Kier alpha value is -3.54. The van der Waals surface area contributed by atoms with Crippen LogP contribution in [0.2, 0.25) is 0 Å². The van der Waals surface area contributed by atoms with Gasteiger partial charge in [0, 0.05) is 27.3 Å². The minimum atomic E-state index is -6.44. The molecule has 0 bridgehead atoms. The predicted octanol–water partition coefficient (Wildman–Crippen LogP) is 7.20. The predicted molar refractivity (Wildman–Crippen MR) is 126 cm³/mol. The summed E-state index contributed by atoms with van der Waals surface area (Å²) in [7, 11) is 0. The van der Waals surface area contributed by atoms with E-state index in [-0.39, 0.29) is 22.4 Å². The number of benzene rings is 3. The van der Waals surface area contributed by atoms with E-state index in [4.69, 9.17) is 5.73 Å². The molecule has 0 heterocycles. The maximum atomic E-state index is 14.0. The number of anilines is 1. The highest BCUT2D eigenvalue weighted by Crippen LogP contribution is 2.54. The van der Waals surface area contributed by atoms with E-state index >= 15 is 0 Å². The number of amides is 2. The lowest BCUT2D eigenvalue weighted by molar-refractivity contribution is -0.330. The highest BCUT2D eigenvalue weighted by Gasteiger charge is 2.73. The Kier molecular flexibility index (Phi) is 7.64. The third-order valence-corrected chi connectivity index (χ3v) is 6.32. The number of hydrogen-bond acceptors (Lipinski definition) is 3. The Bertz CT molecular complexity index is 1320. The first-order valence-corrected chi connectivity index (χ1v) is 11.3. The molecule has 0 aliphatic rings. The molecule has 4 nitrogen and oxygen atoms in total. The molecule has 0 spiro atoms. The number of hydrogen-bond donors (Lipinski definition) is 2. The summed E-state index contributed by atoms with van der Waals surface area (Å²) < 4.78 is 92.3. The van der Waals surface area contributed by atoms with Crippen molar-refractivity contribution in [3.05, 3.63) is 82.9 Å².